The van der Waals surface area contributed by atoms with Gasteiger partial charge in [0.05, 0.1) is 0 Å². The molecule has 0 bridgehead atoms. The average molecular weight is 203 g/mol. The van der Waals surface area contributed by atoms with Gasteiger partial charge >= 0.3 is 0 Å². The van der Waals surface area contributed by atoms with Gasteiger partial charge in [-0.1, -0.05) is 27.7 Å². The molecule has 2 nitrogen and oxygen atoms in total. The summed E-state index contributed by atoms with van der Waals surface area (Å²) in [5, 5.41) is 0.200. The van der Waals surface area contributed by atoms with Gasteiger partial charge in [0.25, 0.3) is 0 Å². The topological polar surface area (TPSA) is 40.9 Å². The molecular weight excluding hydrogens is 182 g/mol. The van der Waals surface area contributed by atoms with E-state index in [2.05, 4.69) is 13.8 Å². The number of hydrogen-bond acceptors (Lipinski definition) is 2. The van der Waals surface area contributed by atoms with Crippen LogP contribution < -0.4 is 0 Å². The molecular formula is C10H21NOS. The Morgan fingerprint density at radius 3 is 2.00 bits per heavy atom. The van der Waals surface area contributed by atoms with Crippen LogP contribution in [0, 0.1) is 16.6 Å². The van der Waals surface area contributed by atoms with Gasteiger partial charge in [-0.05, 0) is 24.7 Å². The first-order valence-electron chi connectivity index (χ1n) is 5.12. The third-order valence-electron chi connectivity index (χ3n) is 3.27. The molecule has 0 radical (unpaired) electrons. The van der Waals surface area contributed by atoms with Crippen LogP contribution in [0.2, 0.25) is 0 Å². The van der Waals surface area contributed by atoms with E-state index in [-0.39, 0.29) is 10.5 Å². The summed E-state index contributed by atoms with van der Waals surface area (Å²) >= 11 is 0. The lowest BCUT2D eigenvalue weighted by Gasteiger charge is -2.39. The Labute approximate surface area is 82.1 Å². The molecule has 13 heavy (non-hydrogen) atoms. The lowest BCUT2D eigenvalue weighted by atomic mass is 9.77. The van der Waals surface area contributed by atoms with E-state index in [1.54, 1.807) is 0 Å². The minimum atomic E-state index is -2.31. The second-order valence-corrected chi connectivity index (χ2v) is 7.70. The summed E-state index contributed by atoms with van der Waals surface area (Å²) in [6.07, 6.45) is 2.02. The van der Waals surface area contributed by atoms with Gasteiger partial charge < -0.3 is 0 Å². The van der Waals surface area contributed by atoms with Crippen molar-refractivity contribution in [3.05, 3.63) is 0 Å². The molecule has 78 valence electrons. The Morgan fingerprint density at radius 1 is 1.23 bits per heavy atom. The van der Waals surface area contributed by atoms with Gasteiger partial charge in [-0.2, -0.15) is 0 Å². The summed E-state index contributed by atoms with van der Waals surface area (Å²) in [5.41, 5.74) is 0. The molecule has 0 heterocycles. The van der Waals surface area contributed by atoms with Gasteiger partial charge in [-0.15, -0.1) is 0 Å². The normalized spacial score (nSPS) is 33.1. The van der Waals surface area contributed by atoms with Gasteiger partial charge in [0.1, 0.15) is 0 Å². The van der Waals surface area contributed by atoms with Crippen molar-refractivity contribution in [2.24, 2.45) is 11.8 Å². The molecule has 1 rings (SSSR count). The van der Waals surface area contributed by atoms with Crippen LogP contribution in [-0.2, 0) is 9.73 Å². The molecule has 0 saturated heterocycles. The fourth-order valence-corrected chi connectivity index (χ4v) is 3.66. The number of nitrogens with one attached hydrogen (secondary N) is 1. The molecule has 0 aromatic heterocycles. The van der Waals surface area contributed by atoms with E-state index in [0.29, 0.717) is 5.92 Å². The van der Waals surface area contributed by atoms with Crippen molar-refractivity contribution in [3.8, 4) is 0 Å². The highest BCUT2D eigenvalue weighted by molar-refractivity contribution is 7.93. The van der Waals surface area contributed by atoms with Crippen LogP contribution >= 0.6 is 0 Å². The highest BCUT2D eigenvalue weighted by Gasteiger charge is 2.38. The molecule has 1 atom stereocenters. The first kappa shape index (κ1) is 11.0. The first-order chi connectivity index (χ1) is 5.85. The van der Waals surface area contributed by atoms with Crippen molar-refractivity contribution < 1.29 is 4.21 Å². The second-order valence-electron chi connectivity index (χ2n) is 4.79. The van der Waals surface area contributed by atoms with E-state index in [9.17, 15) is 4.21 Å². The van der Waals surface area contributed by atoms with Crippen molar-refractivity contribution in [1.82, 2.24) is 0 Å². The molecule has 1 unspecified atom stereocenters. The van der Waals surface area contributed by atoms with E-state index in [1.165, 1.54) is 0 Å². The van der Waals surface area contributed by atoms with Gasteiger partial charge in [0, 0.05) is 20.2 Å². The SMILES string of the molecule is CC(C)C1CC(S(=N)(=O)C(C)C)C1. The zero-order valence-corrected chi connectivity index (χ0v) is 9.86. The maximum Gasteiger partial charge on any atom is 0.0494 e. The van der Waals surface area contributed by atoms with Gasteiger partial charge in [0.2, 0.25) is 0 Å². The first-order valence-corrected chi connectivity index (χ1v) is 6.80. The Morgan fingerprint density at radius 2 is 1.69 bits per heavy atom. The van der Waals surface area contributed by atoms with Crippen molar-refractivity contribution in [2.75, 3.05) is 0 Å². The molecule has 0 aromatic carbocycles. The predicted molar refractivity (Wildman–Crippen MR) is 57.3 cm³/mol. The summed E-state index contributed by atoms with van der Waals surface area (Å²) in [7, 11) is -2.31. The average Bonchev–Trinajstić information content (AvgIpc) is 1.80. The fourth-order valence-electron chi connectivity index (χ4n) is 1.82. The summed E-state index contributed by atoms with van der Waals surface area (Å²) < 4.78 is 19.7. The third-order valence-corrected chi connectivity index (χ3v) is 6.05. The molecule has 1 saturated carbocycles. The summed E-state index contributed by atoms with van der Waals surface area (Å²) in [5.74, 6) is 1.41. The van der Waals surface area contributed by atoms with Crippen LogP contribution in [-0.4, -0.2) is 14.7 Å². The van der Waals surface area contributed by atoms with E-state index in [1.807, 2.05) is 13.8 Å². The van der Waals surface area contributed by atoms with Crippen LogP contribution in [0.4, 0.5) is 0 Å². The lowest BCUT2D eigenvalue weighted by Crippen LogP contribution is -2.40. The van der Waals surface area contributed by atoms with E-state index in [0.717, 1.165) is 18.8 Å². The molecule has 1 aliphatic carbocycles. The van der Waals surface area contributed by atoms with Crippen molar-refractivity contribution in [2.45, 2.75) is 51.0 Å². The molecule has 0 amide bonds. The van der Waals surface area contributed by atoms with Crippen LogP contribution in [0.15, 0.2) is 0 Å². The molecule has 0 aliphatic heterocycles. The molecule has 1 fully saturated rings. The van der Waals surface area contributed by atoms with E-state index in [4.69, 9.17) is 4.78 Å². The van der Waals surface area contributed by atoms with Crippen molar-refractivity contribution in [1.29, 1.82) is 4.78 Å². The minimum Gasteiger partial charge on any atom is -0.252 e. The second kappa shape index (κ2) is 3.60. The Bertz CT molecular complexity index is 261. The lowest BCUT2D eigenvalue weighted by molar-refractivity contribution is 0.239. The van der Waals surface area contributed by atoms with Crippen LogP contribution in [0.5, 0.6) is 0 Å². The predicted octanol–water partition coefficient (Wildman–Crippen LogP) is 2.88. The molecule has 3 heteroatoms. The Kier molecular flexibility index (Phi) is 3.05. The standard InChI is InChI=1S/C10H21NOS/c1-7(2)9-5-10(6-9)13(11,12)8(3)4/h7-11H,5-6H2,1-4H3. The summed E-state index contributed by atoms with van der Waals surface area (Å²) in [4.78, 5) is 0. The van der Waals surface area contributed by atoms with Gasteiger partial charge in [0.15, 0.2) is 0 Å². The Hall–Kier alpha value is -0.0500. The van der Waals surface area contributed by atoms with Crippen molar-refractivity contribution >= 4 is 9.73 Å². The maximum absolute atomic E-state index is 11.9. The van der Waals surface area contributed by atoms with Crippen LogP contribution in [0.1, 0.15) is 40.5 Å². The maximum atomic E-state index is 11.9. The third kappa shape index (κ3) is 2.06. The summed E-state index contributed by atoms with van der Waals surface area (Å²) in [6, 6.07) is 0. The van der Waals surface area contributed by atoms with Crippen molar-refractivity contribution in [3.63, 3.8) is 0 Å². The number of hydrogen-bond donors (Lipinski definition) is 1. The number of rotatable bonds is 3. The molecule has 0 spiro atoms. The fraction of sp³-hybridized carbons (Fsp3) is 1.00. The quantitative estimate of drug-likeness (QED) is 0.753. The van der Waals surface area contributed by atoms with Crippen LogP contribution in [0.25, 0.3) is 0 Å². The zero-order chi connectivity index (χ0) is 10.2. The smallest absolute Gasteiger partial charge is 0.0494 e. The minimum absolute atomic E-state index is 0.0191. The molecule has 1 N–H and O–H groups in total. The van der Waals surface area contributed by atoms with Gasteiger partial charge in [-0.25, -0.2) is 4.21 Å². The zero-order valence-electron chi connectivity index (χ0n) is 9.04. The van der Waals surface area contributed by atoms with E-state index < -0.39 is 9.73 Å². The Balaban J connectivity index is 2.53. The molecule has 1 aliphatic rings. The van der Waals surface area contributed by atoms with E-state index >= 15 is 0 Å². The highest BCUT2D eigenvalue weighted by atomic mass is 32.2. The highest BCUT2D eigenvalue weighted by Crippen LogP contribution is 2.39. The molecule has 0 aromatic rings. The van der Waals surface area contributed by atoms with Crippen LogP contribution in [0.3, 0.4) is 0 Å². The largest absolute Gasteiger partial charge is 0.252 e. The summed E-state index contributed by atoms with van der Waals surface area (Å²) in [6.45, 7) is 8.22. The monoisotopic (exact) mass is 203 g/mol. The van der Waals surface area contributed by atoms with Gasteiger partial charge in [-0.3, -0.25) is 4.78 Å².